The van der Waals surface area contributed by atoms with Crippen LogP contribution >= 0.6 is 0 Å². The number of fused-ring (bicyclic) bond motifs is 3. The van der Waals surface area contributed by atoms with E-state index in [4.69, 9.17) is 9.97 Å². The molecule has 4 heterocycles. The largest absolute Gasteiger partial charge is 0.465 e. The molecular weight excluding hydrogens is 492 g/mol. The summed E-state index contributed by atoms with van der Waals surface area (Å²) in [5.74, 6) is 0.533. The smallest absolute Gasteiger partial charge is 0.405 e. The SMILES string of the molecule is O=C(O)NC1(c2ccc(-c3nc4ccc5nnc(-c6cnccn6)n5c4nc3-c3ccccc3)cc2)CCC1. The summed E-state index contributed by atoms with van der Waals surface area (Å²) < 4.78 is 1.85. The molecule has 0 unspecified atom stereocenters. The molecule has 4 aromatic heterocycles. The van der Waals surface area contributed by atoms with Gasteiger partial charge in [-0.2, -0.15) is 0 Å². The Morgan fingerprint density at radius 3 is 2.33 bits per heavy atom. The summed E-state index contributed by atoms with van der Waals surface area (Å²) in [6.45, 7) is 0. The first-order chi connectivity index (χ1) is 19.1. The van der Waals surface area contributed by atoms with Gasteiger partial charge in [-0.05, 0) is 37.0 Å². The summed E-state index contributed by atoms with van der Waals surface area (Å²) in [4.78, 5) is 30.2. The van der Waals surface area contributed by atoms with Crippen molar-refractivity contribution in [2.45, 2.75) is 24.8 Å². The number of nitrogens with one attached hydrogen (secondary N) is 1. The van der Waals surface area contributed by atoms with Gasteiger partial charge in [0.1, 0.15) is 11.2 Å². The Labute approximate surface area is 222 Å². The van der Waals surface area contributed by atoms with Gasteiger partial charge in [0.05, 0.1) is 23.1 Å². The Morgan fingerprint density at radius 1 is 0.872 bits per heavy atom. The van der Waals surface area contributed by atoms with Gasteiger partial charge < -0.3 is 10.4 Å². The molecule has 2 N–H and O–H groups in total. The Balaban J connectivity index is 1.42. The summed E-state index contributed by atoms with van der Waals surface area (Å²) in [6.07, 6.45) is 6.42. The van der Waals surface area contributed by atoms with Gasteiger partial charge in [-0.15, -0.1) is 10.2 Å². The molecule has 7 rings (SSSR count). The van der Waals surface area contributed by atoms with Crippen molar-refractivity contribution >= 4 is 22.9 Å². The van der Waals surface area contributed by atoms with Crippen molar-refractivity contribution in [2.75, 3.05) is 0 Å². The summed E-state index contributed by atoms with van der Waals surface area (Å²) >= 11 is 0. The molecule has 10 heteroatoms. The van der Waals surface area contributed by atoms with Gasteiger partial charge in [-0.25, -0.2) is 19.7 Å². The van der Waals surface area contributed by atoms with Gasteiger partial charge in [0, 0.05) is 23.5 Å². The first-order valence-electron chi connectivity index (χ1n) is 12.6. The number of carboxylic acid groups (broad SMARTS) is 1. The molecular formula is C29H22N8O2. The number of rotatable bonds is 5. The fourth-order valence-electron chi connectivity index (χ4n) is 5.23. The van der Waals surface area contributed by atoms with Crippen LogP contribution in [0.5, 0.6) is 0 Å². The zero-order chi connectivity index (χ0) is 26.4. The van der Waals surface area contributed by atoms with E-state index >= 15 is 0 Å². The number of amides is 1. The van der Waals surface area contributed by atoms with Crippen LogP contribution in [0.1, 0.15) is 24.8 Å². The van der Waals surface area contributed by atoms with E-state index in [2.05, 4.69) is 25.5 Å². The molecule has 6 aromatic rings. The zero-order valence-electron chi connectivity index (χ0n) is 20.7. The van der Waals surface area contributed by atoms with Gasteiger partial charge in [-0.3, -0.25) is 9.38 Å². The minimum Gasteiger partial charge on any atom is -0.465 e. The maximum absolute atomic E-state index is 11.4. The molecule has 1 fully saturated rings. The molecule has 1 amide bonds. The van der Waals surface area contributed by atoms with Crippen LogP contribution in [0.25, 0.3) is 50.8 Å². The third-order valence-corrected chi connectivity index (χ3v) is 7.30. The highest BCUT2D eigenvalue weighted by molar-refractivity contribution is 5.86. The van der Waals surface area contributed by atoms with E-state index in [1.54, 1.807) is 18.6 Å². The zero-order valence-corrected chi connectivity index (χ0v) is 20.7. The molecule has 2 aromatic carbocycles. The highest BCUT2D eigenvalue weighted by Crippen LogP contribution is 2.42. The van der Waals surface area contributed by atoms with Crippen molar-refractivity contribution in [3.8, 4) is 34.0 Å². The van der Waals surface area contributed by atoms with Crippen molar-refractivity contribution in [3.05, 3.63) is 90.9 Å². The fraction of sp³-hybridized carbons (Fsp3) is 0.138. The quantitative estimate of drug-likeness (QED) is 0.324. The number of hydrogen-bond donors (Lipinski definition) is 2. The monoisotopic (exact) mass is 514 g/mol. The lowest BCUT2D eigenvalue weighted by Gasteiger charge is -2.42. The molecule has 10 nitrogen and oxygen atoms in total. The second kappa shape index (κ2) is 8.95. The highest BCUT2D eigenvalue weighted by Gasteiger charge is 2.40. The van der Waals surface area contributed by atoms with Crippen LogP contribution < -0.4 is 5.32 Å². The van der Waals surface area contributed by atoms with Crippen molar-refractivity contribution in [3.63, 3.8) is 0 Å². The average molecular weight is 515 g/mol. The predicted octanol–water partition coefficient (Wildman–Crippen LogP) is 5.11. The fourth-order valence-corrected chi connectivity index (χ4v) is 5.23. The number of carbonyl (C=O) groups is 1. The van der Waals surface area contributed by atoms with Crippen LogP contribution in [-0.4, -0.2) is 45.7 Å². The molecule has 1 saturated carbocycles. The van der Waals surface area contributed by atoms with Gasteiger partial charge in [-0.1, -0.05) is 54.6 Å². The topological polar surface area (TPSA) is 131 Å². The van der Waals surface area contributed by atoms with E-state index in [-0.39, 0.29) is 0 Å². The summed E-state index contributed by atoms with van der Waals surface area (Å²) in [5.41, 5.74) is 6.16. The van der Waals surface area contributed by atoms with Crippen molar-refractivity contribution in [1.29, 1.82) is 0 Å². The molecule has 0 radical (unpaired) electrons. The summed E-state index contributed by atoms with van der Waals surface area (Å²) in [7, 11) is 0. The maximum Gasteiger partial charge on any atom is 0.405 e. The van der Waals surface area contributed by atoms with Crippen LogP contribution in [0.4, 0.5) is 4.79 Å². The van der Waals surface area contributed by atoms with Crippen molar-refractivity contribution in [2.24, 2.45) is 0 Å². The van der Waals surface area contributed by atoms with Crippen LogP contribution in [0.15, 0.2) is 85.3 Å². The third kappa shape index (κ3) is 3.84. The molecule has 0 bridgehead atoms. The second-order valence-corrected chi connectivity index (χ2v) is 9.58. The Kier molecular flexibility index (Phi) is 5.25. The van der Waals surface area contributed by atoms with E-state index in [0.29, 0.717) is 34.0 Å². The lowest BCUT2D eigenvalue weighted by atomic mass is 9.71. The first kappa shape index (κ1) is 22.9. The number of nitrogens with zero attached hydrogens (tertiary/aromatic N) is 7. The summed E-state index contributed by atoms with van der Waals surface area (Å²) in [5, 5.41) is 20.8. The summed E-state index contributed by atoms with van der Waals surface area (Å²) in [6, 6.07) is 21.6. The Hall–Kier alpha value is -5.25. The molecule has 1 aliphatic carbocycles. The van der Waals surface area contributed by atoms with E-state index in [0.717, 1.165) is 41.6 Å². The number of aromatic nitrogens is 7. The average Bonchev–Trinajstić information content (AvgIpc) is 3.40. The second-order valence-electron chi connectivity index (χ2n) is 9.58. The minimum absolute atomic E-state index is 0.529. The molecule has 0 spiro atoms. The first-order valence-corrected chi connectivity index (χ1v) is 12.6. The molecule has 39 heavy (non-hydrogen) atoms. The predicted molar refractivity (Wildman–Crippen MR) is 145 cm³/mol. The third-order valence-electron chi connectivity index (χ3n) is 7.30. The minimum atomic E-state index is -1.01. The standard InChI is InChI=1S/C29H22N8O2/c38-28(39)34-29(13-4-14-29)20-9-7-19(8-10-20)24-25(18-5-2-1-3-6-18)33-26-21(32-24)11-12-23-35-36-27(37(23)26)22-17-30-15-16-31-22/h1-3,5-12,15-17,34H,4,13-14H2,(H,38,39). The van der Waals surface area contributed by atoms with E-state index < -0.39 is 11.6 Å². The van der Waals surface area contributed by atoms with Crippen LogP contribution in [0.3, 0.4) is 0 Å². The molecule has 190 valence electrons. The van der Waals surface area contributed by atoms with Crippen molar-refractivity contribution < 1.29 is 9.90 Å². The van der Waals surface area contributed by atoms with Crippen LogP contribution in [-0.2, 0) is 5.54 Å². The molecule has 0 saturated heterocycles. The lowest BCUT2D eigenvalue weighted by Crippen LogP contribution is -2.50. The van der Waals surface area contributed by atoms with Gasteiger partial charge in [0.25, 0.3) is 0 Å². The molecule has 0 atom stereocenters. The maximum atomic E-state index is 11.4. The molecule has 1 aliphatic rings. The van der Waals surface area contributed by atoms with Crippen molar-refractivity contribution in [1.82, 2.24) is 39.9 Å². The van der Waals surface area contributed by atoms with Gasteiger partial charge in [0.15, 0.2) is 17.1 Å². The molecule has 0 aliphatic heterocycles. The van der Waals surface area contributed by atoms with Crippen LogP contribution in [0.2, 0.25) is 0 Å². The number of hydrogen-bond acceptors (Lipinski definition) is 7. The lowest BCUT2D eigenvalue weighted by molar-refractivity contribution is 0.144. The Morgan fingerprint density at radius 2 is 1.64 bits per heavy atom. The van der Waals surface area contributed by atoms with E-state index in [9.17, 15) is 9.90 Å². The van der Waals surface area contributed by atoms with Gasteiger partial charge in [0.2, 0.25) is 0 Å². The normalized spacial score (nSPS) is 14.3. The van der Waals surface area contributed by atoms with E-state index in [1.807, 2.05) is 71.1 Å². The number of benzene rings is 2. The van der Waals surface area contributed by atoms with Gasteiger partial charge >= 0.3 is 6.09 Å². The Bertz CT molecular complexity index is 1830. The van der Waals surface area contributed by atoms with Crippen LogP contribution in [0, 0.1) is 0 Å². The highest BCUT2D eigenvalue weighted by atomic mass is 16.4. The van der Waals surface area contributed by atoms with E-state index in [1.165, 1.54) is 0 Å². The number of pyridine rings is 1.